The monoisotopic (exact) mass is 414 g/mol. The van der Waals surface area contributed by atoms with Gasteiger partial charge in [0.15, 0.2) is 0 Å². The molecule has 5 rings (SSSR count). The molecule has 0 unspecified atom stereocenters. The van der Waals surface area contributed by atoms with Crippen molar-refractivity contribution in [1.82, 2.24) is 19.2 Å². The van der Waals surface area contributed by atoms with E-state index in [1.54, 1.807) is 17.4 Å². The molecule has 0 saturated carbocycles. The van der Waals surface area contributed by atoms with E-state index in [1.807, 2.05) is 57.7 Å². The fourth-order valence-electron chi connectivity index (χ4n) is 3.78. The van der Waals surface area contributed by atoms with Gasteiger partial charge in [-0.2, -0.15) is 5.10 Å². The highest BCUT2D eigenvalue weighted by Crippen LogP contribution is 2.31. The zero-order chi connectivity index (χ0) is 20.7. The summed E-state index contributed by atoms with van der Waals surface area (Å²) in [6.07, 6.45) is 7.59. The van der Waals surface area contributed by atoms with Crippen LogP contribution in [0.25, 0.3) is 17.6 Å². The number of nitrogens with zero attached hydrogens (tertiary/aromatic N) is 4. The number of fused-ring (bicyclic) bond motifs is 1. The maximum atomic E-state index is 12.7. The van der Waals surface area contributed by atoms with Crippen molar-refractivity contribution >= 4 is 23.3 Å². The molecule has 0 spiro atoms. The molecule has 150 valence electrons. The Morgan fingerprint density at radius 3 is 2.63 bits per heavy atom. The van der Waals surface area contributed by atoms with E-state index in [0.29, 0.717) is 13.1 Å². The number of hydrogen-bond donors (Lipinski definition) is 0. The number of thiophene rings is 1. The summed E-state index contributed by atoms with van der Waals surface area (Å²) < 4.78 is 4.08. The quantitative estimate of drug-likeness (QED) is 0.446. The molecule has 0 radical (unpaired) electrons. The molecule has 0 fully saturated rings. The Bertz CT molecular complexity index is 1230. The smallest absolute Gasteiger partial charge is 0.247 e. The predicted molar refractivity (Wildman–Crippen MR) is 120 cm³/mol. The maximum absolute atomic E-state index is 12.7. The summed E-state index contributed by atoms with van der Waals surface area (Å²) in [7, 11) is 0. The van der Waals surface area contributed by atoms with Crippen LogP contribution >= 0.6 is 11.3 Å². The molecular weight excluding hydrogens is 392 g/mol. The molecule has 5 nitrogen and oxygen atoms in total. The Morgan fingerprint density at radius 2 is 1.90 bits per heavy atom. The Kier molecular flexibility index (Phi) is 4.64. The van der Waals surface area contributed by atoms with Crippen LogP contribution in [0.4, 0.5) is 0 Å². The highest BCUT2D eigenvalue weighted by Gasteiger charge is 2.30. The number of benzene rings is 1. The topological polar surface area (TPSA) is 43.1 Å². The molecule has 4 heterocycles. The fourth-order valence-corrected chi connectivity index (χ4v) is 4.40. The van der Waals surface area contributed by atoms with E-state index >= 15 is 0 Å². The number of amides is 1. The van der Waals surface area contributed by atoms with Gasteiger partial charge >= 0.3 is 0 Å². The lowest BCUT2D eigenvalue weighted by atomic mass is 10.1. The van der Waals surface area contributed by atoms with Crippen LogP contribution in [0.5, 0.6) is 0 Å². The van der Waals surface area contributed by atoms with Crippen molar-refractivity contribution < 1.29 is 4.79 Å². The third-order valence-corrected chi connectivity index (χ3v) is 6.40. The van der Waals surface area contributed by atoms with Gasteiger partial charge in [-0.3, -0.25) is 4.79 Å². The summed E-state index contributed by atoms with van der Waals surface area (Å²) in [6, 6.07) is 14.4. The van der Waals surface area contributed by atoms with Crippen molar-refractivity contribution in [2.45, 2.75) is 26.9 Å². The fraction of sp³-hybridized carbons (Fsp3) is 0.167. The van der Waals surface area contributed by atoms with Crippen molar-refractivity contribution in [1.29, 1.82) is 0 Å². The van der Waals surface area contributed by atoms with Crippen molar-refractivity contribution in [3.63, 3.8) is 0 Å². The highest BCUT2D eigenvalue weighted by atomic mass is 32.1. The number of carbonyl (C=O) groups is 1. The molecule has 1 amide bonds. The summed E-state index contributed by atoms with van der Waals surface area (Å²) >= 11 is 1.62. The average Bonchev–Trinajstić information content (AvgIpc) is 3.51. The van der Waals surface area contributed by atoms with Gasteiger partial charge in [0.1, 0.15) is 5.82 Å². The molecule has 0 bridgehead atoms. The lowest BCUT2D eigenvalue weighted by molar-refractivity contribution is -0.126. The van der Waals surface area contributed by atoms with E-state index in [9.17, 15) is 4.79 Å². The Balaban J connectivity index is 1.49. The Morgan fingerprint density at radius 1 is 1.07 bits per heavy atom. The molecule has 1 aromatic carbocycles. The summed E-state index contributed by atoms with van der Waals surface area (Å²) in [5.74, 6) is 1.01. The predicted octanol–water partition coefficient (Wildman–Crippen LogP) is 4.90. The molecule has 0 aliphatic carbocycles. The van der Waals surface area contributed by atoms with Gasteiger partial charge in [0.05, 0.1) is 24.5 Å². The van der Waals surface area contributed by atoms with Crippen LogP contribution in [0.1, 0.15) is 27.3 Å². The van der Waals surface area contributed by atoms with Crippen LogP contribution < -0.4 is 0 Å². The van der Waals surface area contributed by atoms with Gasteiger partial charge in [0.2, 0.25) is 5.91 Å². The van der Waals surface area contributed by atoms with Gasteiger partial charge in [-0.25, -0.2) is 4.68 Å². The molecule has 1 aliphatic heterocycles. The van der Waals surface area contributed by atoms with Gasteiger partial charge in [0, 0.05) is 28.9 Å². The molecule has 6 heteroatoms. The van der Waals surface area contributed by atoms with E-state index < -0.39 is 0 Å². The molecular formula is C24H22N4OS. The molecule has 0 N–H and O–H groups in total. The van der Waals surface area contributed by atoms with E-state index in [0.717, 1.165) is 27.6 Å². The third-order valence-electron chi connectivity index (χ3n) is 5.56. The van der Waals surface area contributed by atoms with Crippen LogP contribution in [-0.2, 0) is 17.9 Å². The number of aryl methyl sites for hydroxylation is 2. The molecule has 4 aromatic rings. The van der Waals surface area contributed by atoms with E-state index in [4.69, 9.17) is 5.10 Å². The SMILES string of the molecule is Cc1ccc(-n2nc3c(c2-n2cccc2)CN(C(=O)C=Cc2cccs2)C3)cc1C. The minimum Gasteiger partial charge on any atom is -0.329 e. The van der Waals surface area contributed by atoms with Crippen LogP contribution in [0, 0.1) is 13.8 Å². The second-order valence-electron chi connectivity index (χ2n) is 7.56. The zero-order valence-corrected chi connectivity index (χ0v) is 17.8. The molecule has 1 aliphatic rings. The molecule has 3 aromatic heterocycles. The van der Waals surface area contributed by atoms with Gasteiger partial charge < -0.3 is 9.47 Å². The first kappa shape index (κ1) is 18.6. The molecule has 0 saturated heterocycles. The van der Waals surface area contributed by atoms with Crippen molar-refractivity contribution in [3.8, 4) is 11.5 Å². The molecule has 30 heavy (non-hydrogen) atoms. The largest absolute Gasteiger partial charge is 0.329 e. The highest BCUT2D eigenvalue weighted by molar-refractivity contribution is 7.10. The first-order chi connectivity index (χ1) is 14.6. The minimum absolute atomic E-state index is 0.0117. The second kappa shape index (κ2) is 7.46. The lowest BCUT2D eigenvalue weighted by Crippen LogP contribution is -2.24. The summed E-state index contributed by atoms with van der Waals surface area (Å²) in [4.78, 5) is 15.7. The van der Waals surface area contributed by atoms with Crippen LogP contribution in [0.3, 0.4) is 0 Å². The van der Waals surface area contributed by atoms with Gasteiger partial charge in [0.25, 0.3) is 0 Å². The third kappa shape index (κ3) is 3.29. The van der Waals surface area contributed by atoms with Crippen LogP contribution in [-0.4, -0.2) is 25.2 Å². The maximum Gasteiger partial charge on any atom is 0.247 e. The van der Waals surface area contributed by atoms with Crippen molar-refractivity contribution in [3.05, 3.63) is 93.6 Å². The van der Waals surface area contributed by atoms with Gasteiger partial charge in [-0.15, -0.1) is 11.3 Å². The summed E-state index contributed by atoms with van der Waals surface area (Å²) in [5.41, 5.74) is 5.58. The Hall–Kier alpha value is -3.38. The second-order valence-corrected chi connectivity index (χ2v) is 8.54. The number of carbonyl (C=O) groups excluding carboxylic acids is 1. The molecule has 0 atom stereocenters. The number of aromatic nitrogens is 3. The van der Waals surface area contributed by atoms with E-state index in [-0.39, 0.29) is 5.91 Å². The van der Waals surface area contributed by atoms with E-state index in [2.05, 4.69) is 36.6 Å². The van der Waals surface area contributed by atoms with Crippen molar-refractivity contribution in [2.24, 2.45) is 0 Å². The minimum atomic E-state index is 0.0117. The first-order valence-corrected chi connectivity index (χ1v) is 10.8. The summed E-state index contributed by atoms with van der Waals surface area (Å²) in [5, 5.41) is 6.92. The van der Waals surface area contributed by atoms with Crippen LogP contribution in [0.15, 0.2) is 66.3 Å². The van der Waals surface area contributed by atoms with Crippen molar-refractivity contribution in [2.75, 3.05) is 0 Å². The summed E-state index contributed by atoms with van der Waals surface area (Å²) in [6.45, 7) is 5.31. The normalized spacial score (nSPS) is 13.3. The van der Waals surface area contributed by atoms with Gasteiger partial charge in [-0.1, -0.05) is 12.1 Å². The zero-order valence-electron chi connectivity index (χ0n) is 16.9. The number of rotatable bonds is 4. The standard InChI is InChI=1S/C24H22N4OS/c1-17-7-8-19(14-18(17)2)28-24(26-11-3-4-12-26)21-15-27(16-22(21)25-28)23(29)10-9-20-6-5-13-30-20/h3-14H,15-16H2,1-2H3. The lowest BCUT2D eigenvalue weighted by Gasteiger charge is -2.16. The van der Waals surface area contributed by atoms with Crippen LogP contribution in [0.2, 0.25) is 0 Å². The Labute approximate surface area is 179 Å². The average molecular weight is 415 g/mol. The first-order valence-electron chi connectivity index (χ1n) is 9.92. The number of hydrogen-bond acceptors (Lipinski definition) is 3. The van der Waals surface area contributed by atoms with E-state index in [1.165, 1.54) is 11.1 Å². The van der Waals surface area contributed by atoms with Gasteiger partial charge in [-0.05, 0) is 66.8 Å².